The number of aromatic hydroxyl groups is 1. The number of nitrogens with one attached hydrogen (secondary N) is 1. The topological polar surface area (TPSA) is 58.6 Å². The molecule has 0 unspecified atom stereocenters. The Kier molecular flexibility index (Phi) is 6.97. The molecule has 1 saturated carbocycles. The van der Waals surface area contributed by atoms with Crippen molar-refractivity contribution in [2.24, 2.45) is 0 Å². The van der Waals surface area contributed by atoms with Crippen LogP contribution in [0.4, 0.5) is 0 Å². The van der Waals surface area contributed by atoms with Gasteiger partial charge in [-0.1, -0.05) is 69.7 Å². The Balaban J connectivity index is 1.81. The molecular formula is C23H31NO3. The smallest absolute Gasteiger partial charge is 0.255 e. The first-order chi connectivity index (χ1) is 13.2. The molecule has 0 spiro atoms. The van der Waals surface area contributed by atoms with Crippen molar-refractivity contribution in [3.8, 4) is 11.5 Å². The predicted octanol–water partition coefficient (Wildman–Crippen LogP) is 5.57. The quantitative estimate of drug-likeness (QED) is 0.598. The van der Waals surface area contributed by atoms with Crippen molar-refractivity contribution in [1.82, 2.24) is 5.32 Å². The molecule has 1 amide bonds. The minimum absolute atomic E-state index is 0.0391. The molecule has 0 aromatic heterocycles. The molecule has 0 radical (unpaired) electrons. The zero-order valence-corrected chi connectivity index (χ0v) is 16.3. The molecule has 2 aromatic rings. The molecule has 0 aliphatic heterocycles. The number of phenols is 1. The fraction of sp³-hybridized carbons (Fsp3) is 0.522. The van der Waals surface area contributed by atoms with Gasteiger partial charge in [0.15, 0.2) is 0 Å². The van der Waals surface area contributed by atoms with E-state index in [2.05, 4.69) is 12.2 Å². The van der Waals surface area contributed by atoms with Gasteiger partial charge in [0.05, 0.1) is 12.2 Å². The van der Waals surface area contributed by atoms with E-state index >= 15 is 0 Å². The third kappa shape index (κ3) is 4.94. The monoisotopic (exact) mass is 369 g/mol. The zero-order chi connectivity index (χ0) is 19.1. The number of ether oxygens (including phenoxy) is 1. The Morgan fingerprint density at radius 1 is 1.11 bits per heavy atom. The predicted molar refractivity (Wildman–Crippen MR) is 110 cm³/mol. The third-order valence-corrected chi connectivity index (χ3v) is 5.42. The lowest BCUT2D eigenvalue weighted by Gasteiger charge is -2.23. The summed E-state index contributed by atoms with van der Waals surface area (Å²) in [5.74, 6) is 0.506. The maximum absolute atomic E-state index is 12.8. The lowest BCUT2D eigenvalue weighted by molar-refractivity contribution is 0.0925. The van der Waals surface area contributed by atoms with Crippen LogP contribution in [0.2, 0.25) is 0 Å². The van der Waals surface area contributed by atoms with Crippen LogP contribution in [0.3, 0.4) is 0 Å². The summed E-state index contributed by atoms with van der Waals surface area (Å²) in [6.07, 6.45) is 10.1. The van der Waals surface area contributed by atoms with E-state index in [4.69, 9.17) is 4.74 Å². The molecule has 0 heterocycles. The minimum atomic E-state index is -0.207. The number of phenolic OH excluding ortho intramolecular Hbond substituents is 1. The minimum Gasteiger partial charge on any atom is -0.506 e. The molecular weight excluding hydrogens is 338 g/mol. The van der Waals surface area contributed by atoms with Crippen molar-refractivity contribution in [2.45, 2.75) is 70.8 Å². The molecule has 2 N–H and O–H groups in total. The van der Waals surface area contributed by atoms with Crippen molar-refractivity contribution >= 4 is 16.7 Å². The van der Waals surface area contributed by atoms with Gasteiger partial charge in [-0.3, -0.25) is 4.79 Å². The lowest BCUT2D eigenvalue weighted by atomic mass is 9.95. The summed E-state index contributed by atoms with van der Waals surface area (Å²) in [5.41, 5.74) is 0.308. The highest BCUT2D eigenvalue weighted by atomic mass is 16.5. The van der Waals surface area contributed by atoms with Gasteiger partial charge in [0, 0.05) is 16.8 Å². The molecule has 146 valence electrons. The second-order valence-corrected chi connectivity index (χ2v) is 7.53. The van der Waals surface area contributed by atoms with Crippen molar-refractivity contribution in [1.29, 1.82) is 0 Å². The van der Waals surface area contributed by atoms with Crippen LogP contribution in [0.15, 0.2) is 30.3 Å². The molecule has 1 aliphatic rings. The van der Waals surface area contributed by atoms with Crippen molar-refractivity contribution < 1.29 is 14.6 Å². The first kappa shape index (κ1) is 19.5. The number of amides is 1. The maximum Gasteiger partial charge on any atom is 0.255 e. The molecule has 27 heavy (non-hydrogen) atoms. The SMILES string of the molecule is CCCCCCOc1cc(C(=O)NC2CCCCC2)c(O)c2ccccc12. The summed E-state index contributed by atoms with van der Waals surface area (Å²) in [7, 11) is 0. The number of fused-ring (bicyclic) bond motifs is 1. The Hall–Kier alpha value is -2.23. The molecule has 1 fully saturated rings. The third-order valence-electron chi connectivity index (χ3n) is 5.42. The molecule has 1 aliphatic carbocycles. The van der Waals surface area contributed by atoms with E-state index in [-0.39, 0.29) is 17.7 Å². The van der Waals surface area contributed by atoms with Crippen LogP contribution in [-0.2, 0) is 0 Å². The molecule has 4 heteroatoms. The van der Waals surface area contributed by atoms with Gasteiger partial charge in [-0.05, 0) is 25.3 Å². The van der Waals surface area contributed by atoms with E-state index in [0.29, 0.717) is 23.3 Å². The number of hydrogen-bond acceptors (Lipinski definition) is 3. The number of hydrogen-bond donors (Lipinski definition) is 2. The van der Waals surface area contributed by atoms with Gasteiger partial charge >= 0.3 is 0 Å². The highest BCUT2D eigenvalue weighted by molar-refractivity contribution is 6.05. The first-order valence-electron chi connectivity index (χ1n) is 10.4. The fourth-order valence-corrected chi connectivity index (χ4v) is 3.84. The average molecular weight is 370 g/mol. The van der Waals surface area contributed by atoms with Gasteiger partial charge in [0.25, 0.3) is 5.91 Å². The Morgan fingerprint density at radius 3 is 2.59 bits per heavy atom. The van der Waals surface area contributed by atoms with Crippen LogP contribution in [0.1, 0.15) is 75.1 Å². The summed E-state index contributed by atoms with van der Waals surface area (Å²) in [6.45, 7) is 2.81. The number of unbranched alkanes of at least 4 members (excludes halogenated alkanes) is 3. The van der Waals surface area contributed by atoms with Gasteiger partial charge < -0.3 is 15.2 Å². The van der Waals surface area contributed by atoms with Gasteiger partial charge in [-0.25, -0.2) is 0 Å². The molecule has 4 nitrogen and oxygen atoms in total. The molecule has 2 aromatic carbocycles. The van der Waals surface area contributed by atoms with Gasteiger partial charge in [-0.2, -0.15) is 0 Å². The highest BCUT2D eigenvalue weighted by Crippen LogP contribution is 2.36. The number of carbonyl (C=O) groups excluding carboxylic acids is 1. The largest absolute Gasteiger partial charge is 0.506 e. The molecule has 0 atom stereocenters. The van der Waals surface area contributed by atoms with Crippen LogP contribution in [0, 0.1) is 0 Å². The second-order valence-electron chi connectivity index (χ2n) is 7.53. The summed E-state index contributed by atoms with van der Waals surface area (Å²) < 4.78 is 6.01. The fourth-order valence-electron chi connectivity index (χ4n) is 3.84. The van der Waals surface area contributed by atoms with Crippen LogP contribution in [0.5, 0.6) is 11.5 Å². The summed E-state index contributed by atoms with van der Waals surface area (Å²) in [4.78, 5) is 12.8. The van der Waals surface area contributed by atoms with E-state index in [1.165, 1.54) is 19.3 Å². The Bertz CT molecular complexity index is 766. The van der Waals surface area contributed by atoms with Crippen LogP contribution in [0.25, 0.3) is 10.8 Å². The lowest BCUT2D eigenvalue weighted by Crippen LogP contribution is -2.36. The van der Waals surface area contributed by atoms with Crippen LogP contribution in [-0.4, -0.2) is 23.7 Å². The van der Waals surface area contributed by atoms with Gasteiger partial charge in [-0.15, -0.1) is 0 Å². The summed E-state index contributed by atoms with van der Waals surface area (Å²) >= 11 is 0. The molecule has 0 bridgehead atoms. The van der Waals surface area contributed by atoms with Gasteiger partial charge in [0.1, 0.15) is 11.5 Å². The van der Waals surface area contributed by atoms with Crippen molar-refractivity contribution in [3.05, 3.63) is 35.9 Å². The van der Waals surface area contributed by atoms with Crippen LogP contribution >= 0.6 is 0 Å². The Morgan fingerprint density at radius 2 is 1.85 bits per heavy atom. The number of carbonyl (C=O) groups is 1. The maximum atomic E-state index is 12.8. The van der Waals surface area contributed by atoms with Crippen molar-refractivity contribution in [3.63, 3.8) is 0 Å². The Labute approximate surface area is 161 Å². The number of rotatable bonds is 8. The van der Waals surface area contributed by atoms with E-state index in [0.717, 1.165) is 43.9 Å². The normalized spacial score (nSPS) is 15.0. The summed E-state index contributed by atoms with van der Waals surface area (Å²) in [6, 6.07) is 9.47. The van der Waals surface area contributed by atoms with E-state index in [1.807, 2.05) is 24.3 Å². The molecule has 0 saturated heterocycles. The van der Waals surface area contributed by atoms with Crippen LogP contribution < -0.4 is 10.1 Å². The molecule has 3 rings (SSSR count). The average Bonchev–Trinajstić information content (AvgIpc) is 2.70. The standard InChI is InChI=1S/C23H31NO3/c1-2-3-4-10-15-27-21-16-20(22(25)19-14-9-8-13-18(19)21)23(26)24-17-11-6-5-7-12-17/h8-9,13-14,16-17,25H,2-7,10-12,15H2,1H3,(H,24,26). The highest BCUT2D eigenvalue weighted by Gasteiger charge is 2.21. The zero-order valence-electron chi connectivity index (χ0n) is 16.3. The van der Waals surface area contributed by atoms with E-state index in [9.17, 15) is 9.90 Å². The van der Waals surface area contributed by atoms with Gasteiger partial charge in [0.2, 0.25) is 0 Å². The van der Waals surface area contributed by atoms with E-state index < -0.39 is 0 Å². The number of benzene rings is 2. The van der Waals surface area contributed by atoms with Crippen molar-refractivity contribution in [2.75, 3.05) is 6.61 Å². The first-order valence-corrected chi connectivity index (χ1v) is 10.4. The second kappa shape index (κ2) is 9.63. The van der Waals surface area contributed by atoms with E-state index in [1.54, 1.807) is 6.07 Å². The summed E-state index contributed by atoms with van der Waals surface area (Å²) in [5, 5.41) is 15.3.